The van der Waals surface area contributed by atoms with Gasteiger partial charge in [-0.05, 0) is 44.1 Å². The molecule has 3 heteroatoms. The van der Waals surface area contributed by atoms with E-state index in [1.54, 1.807) is 0 Å². The second kappa shape index (κ2) is 6.88. The van der Waals surface area contributed by atoms with Gasteiger partial charge in [0, 0.05) is 38.8 Å². The molecule has 0 radical (unpaired) electrons. The third-order valence-electron chi connectivity index (χ3n) is 4.80. The molecule has 1 aliphatic carbocycles. The zero-order valence-corrected chi connectivity index (χ0v) is 12.3. The van der Waals surface area contributed by atoms with Crippen LogP contribution in [0.3, 0.4) is 0 Å². The molecule has 0 aromatic carbocycles. The average Bonchev–Trinajstić information content (AvgIpc) is 2.37. The van der Waals surface area contributed by atoms with Gasteiger partial charge in [-0.15, -0.1) is 0 Å². The Bertz CT molecular complexity index is 236. The first kappa shape index (κ1) is 14.3. The summed E-state index contributed by atoms with van der Waals surface area (Å²) in [5.41, 5.74) is 6.30. The Hall–Kier alpha value is -0.120. The first-order chi connectivity index (χ1) is 8.69. The highest BCUT2D eigenvalue weighted by Gasteiger charge is 2.28. The number of rotatable bonds is 4. The van der Waals surface area contributed by atoms with Crippen LogP contribution in [0, 0.1) is 11.8 Å². The molecular weight excluding hydrogens is 222 g/mol. The summed E-state index contributed by atoms with van der Waals surface area (Å²) >= 11 is 0. The Morgan fingerprint density at radius 2 is 1.72 bits per heavy atom. The summed E-state index contributed by atoms with van der Waals surface area (Å²) < 4.78 is 0. The fraction of sp³-hybridized carbons (Fsp3) is 1.00. The molecule has 0 aromatic rings. The van der Waals surface area contributed by atoms with Crippen molar-refractivity contribution in [3.8, 4) is 0 Å². The lowest BCUT2D eigenvalue weighted by Crippen LogP contribution is -2.50. The molecule has 2 N–H and O–H groups in total. The van der Waals surface area contributed by atoms with E-state index >= 15 is 0 Å². The molecule has 2 fully saturated rings. The van der Waals surface area contributed by atoms with E-state index in [2.05, 4.69) is 23.6 Å². The Labute approximate surface area is 113 Å². The molecule has 0 aromatic heterocycles. The second-order valence-corrected chi connectivity index (χ2v) is 6.48. The van der Waals surface area contributed by atoms with Crippen LogP contribution in [-0.2, 0) is 0 Å². The van der Waals surface area contributed by atoms with E-state index in [1.807, 2.05) is 0 Å². The van der Waals surface area contributed by atoms with E-state index < -0.39 is 0 Å². The summed E-state index contributed by atoms with van der Waals surface area (Å²) in [7, 11) is 0. The normalized spacial score (nSPS) is 35.8. The molecule has 2 aliphatic rings. The fourth-order valence-electron chi connectivity index (χ4n) is 3.58. The summed E-state index contributed by atoms with van der Waals surface area (Å²) in [6.45, 7) is 12.2. The number of nitrogens with two attached hydrogens (primary N) is 1. The smallest absolute Gasteiger partial charge is 0.0110 e. The lowest BCUT2D eigenvalue weighted by molar-refractivity contribution is 0.0973. The monoisotopic (exact) mass is 253 g/mol. The van der Waals surface area contributed by atoms with Crippen molar-refractivity contribution >= 4 is 0 Å². The van der Waals surface area contributed by atoms with Gasteiger partial charge in [0.2, 0.25) is 0 Å². The van der Waals surface area contributed by atoms with Crippen LogP contribution in [0.5, 0.6) is 0 Å². The molecule has 1 saturated carbocycles. The maximum atomic E-state index is 6.30. The highest BCUT2D eigenvalue weighted by molar-refractivity contribution is 4.84. The molecule has 3 unspecified atom stereocenters. The van der Waals surface area contributed by atoms with Crippen molar-refractivity contribution in [2.75, 3.05) is 39.3 Å². The Balaban J connectivity index is 1.73. The molecule has 106 valence electrons. The zero-order chi connectivity index (χ0) is 13.0. The van der Waals surface area contributed by atoms with E-state index in [9.17, 15) is 0 Å². The van der Waals surface area contributed by atoms with Crippen molar-refractivity contribution in [3.05, 3.63) is 0 Å². The van der Waals surface area contributed by atoms with Gasteiger partial charge in [-0.2, -0.15) is 0 Å². The van der Waals surface area contributed by atoms with Crippen LogP contribution in [-0.4, -0.2) is 55.1 Å². The summed E-state index contributed by atoms with van der Waals surface area (Å²) in [4.78, 5) is 5.24. The largest absolute Gasteiger partial charge is 0.327 e. The molecule has 0 amide bonds. The average molecular weight is 253 g/mol. The highest BCUT2D eigenvalue weighted by atomic mass is 15.3. The molecular formula is C15H31N3. The van der Waals surface area contributed by atoms with Gasteiger partial charge in [0.1, 0.15) is 0 Å². The van der Waals surface area contributed by atoms with Gasteiger partial charge in [-0.25, -0.2) is 0 Å². The molecule has 1 heterocycles. The summed E-state index contributed by atoms with van der Waals surface area (Å²) in [6, 6.07) is 0.454. The van der Waals surface area contributed by atoms with E-state index in [1.165, 1.54) is 65.0 Å². The van der Waals surface area contributed by atoms with Gasteiger partial charge in [0.15, 0.2) is 0 Å². The van der Waals surface area contributed by atoms with Crippen molar-refractivity contribution in [2.24, 2.45) is 17.6 Å². The van der Waals surface area contributed by atoms with Gasteiger partial charge < -0.3 is 15.5 Å². The molecule has 1 saturated heterocycles. The van der Waals surface area contributed by atoms with Crippen molar-refractivity contribution in [1.82, 2.24) is 9.80 Å². The van der Waals surface area contributed by atoms with Gasteiger partial charge >= 0.3 is 0 Å². The standard InChI is InChI=1S/C15H31N3/c1-3-6-17-7-9-18(10-8-17)12-14-11-13(2)4-5-15(14)16/h13-15H,3-12,16H2,1-2H3. The summed E-state index contributed by atoms with van der Waals surface area (Å²) in [6.07, 6.45) is 5.20. The second-order valence-electron chi connectivity index (χ2n) is 6.48. The van der Waals surface area contributed by atoms with Gasteiger partial charge in [-0.1, -0.05) is 13.8 Å². The van der Waals surface area contributed by atoms with Crippen LogP contribution in [0.4, 0.5) is 0 Å². The zero-order valence-electron chi connectivity index (χ0n) is 12.3. The lowest BCUT2D eigenvalue weighted by Gasteiger charge is -2.40. The molecule has 1 aliphatic heterocycles. The van der Waals surface area contributed by atoms with Crippen LogP contribution >= 0.6 is 0 Å². The van der Waals surface area contributed by atoms with Crippen LogP contribution < -0.4 is 5.73 Å². The quantitative estimate of drug-likeness (QED) is 0.829. The van der Waals surface area contributed by atoms with Crippen LogP contribution in [0.25, 0.3) is 0 Å². The van der Waals surface area contributed by atoms with Crippen molar-refractivity contribution in [2.45, 2.75) is 45.6 Å². The summed E-state index contributed by atoms with van der Waals surface area (Å²) in [5.74, 6) is 1.63. The first-order valence-electron chi connectivity index (χ1n) is 7.89. The Morgan fingerprint density at radius 3 is 2.39 bits per heavy atom. The van der Waals surface area contributed by atoms with E-state index in [0.29, 0.717) is 6.04 Å². The van der Waals surface area contributed by atoms with Crippen molar-refractivity contribution in [3.63, 3.8) is 0 Å². The van der Waals surface area contributed by atoms with Crippen molar-refractivity contribution in [1.29, 1.82) is 0 Å². The highest BCUT2D eigenvalue weighted by Crippen LogP contribution is 2.28. The van der Waals surface area contributed by atoms with Gasteiger partial charge in [-0.3, -0.25) is 0 Å². The van der Waals surface area contributed by atoms with E-state index in [0.717, 1.165) is 11.8 Å². The Kier molecular flexibility index (Phi) is 5.46. The van der Waals surface area contributed by atoms with Crippen LogP contribution in [0.15, 0.2) is 0 Å². The first-order valence-corrected chi connectivity index (χ1v) is 7.89. The van der Waals surface area contributed by atoms with Crippen LogP contribution in [0.2, 0.25) is 0 Å². The molecule has 3 nitrogen and oxygen atoms in total. The molecule has 0 bridgehead atoms. The number of piperazine rings is 1. The number of nitrogens with zero attached hydrogens (tertiary/aromatic N) is 2. The predicted molar refractivity (Wildman–Crippen MR) is 77.7 cm³/mol. The third-order valence-corrected chi connectivity index (χ3v) is 4.80. The predicted octanol–water partition coefficient (Wildman–Crippen LogP) is 1.78. The fourth-order valence-corrected chi connectivity index (χ4v) is 3.58. The maximum absolute atomic E-state index is 6.30. The van der Waals surface area contributed by atoms with Crippen LogP contribution in [0.1, 0.15) is 39.5 Å². The SMILES string of the molecule is CCCN1CCN(CC2CC(C)CCC2N)CC1. The Morgan fingerprint density at radius 1 is 1.06 bits per heavy atom. The molecule has 3 atom stereocenters. The maximum Gasteiger partial charge on any atom is 0.0110 e. The minimum atomic E-state index is 0.454. The van der Waals surface area contributed by atoms with Crippen molar-refractivity contribution < 1.29 is 0 Å². The number of hydrogen-bond acceptors (Lipinski definition) is 3. The van der Waals surface area contributed by atoms with E-state index in [-0.39, 0.29) is 0 Å². The summed E-state index contributed by atoms with van der Waals surface area (Å²) in [5, 5.41) is 0. The number of hydrogen-bond donors (Lipinski definition) is 1. The minimum Gasteiger partial charge on any atom is -0.327 e. The minimum absolute atomic E-state index is 0.454. The third kappa shape index (κ3) is 3.94. The van der Waals surface area contributed by atoms with E-state index in [4.69, 9.17) is 5.73 Å². The topological polar surface area (TPSA) is 32.5 Å². The van der Waals surface area contributed by atoms with Gasteiger partial charge in [0.05, 0.1) is 0 Å². The lowest BCUT2D eigenvalue weighted by atomic mass is 9.79. The molecule has 18 heavy (non-hydrogen) atoms. The van der Waals surface area contributed by atoms with Gasteiger partial charge in [0.25, 0.3) is 0 Å². The molecule has 2 rings (SSSR count). The molecule has 0 spiro atoms.